The molecule has 16 heavy (non-hydrogen) atoms. The van der Waals surface area contributed by atoms with Crippen molar-refractivity contribution < 1.29 is 9.94 Å². The molecule has 1 heterocycles. The monoisotopic (exact) mass is 221 g/mol. The lowest BCUT2D eigenvalue weighted by molar-refractivity contribution is -0.178. The Hall–Kier alpha value is -0.900. The summed E-state index contributed by atoms with van der Waals surface area (Å²) in [6.45, 7) is 2.41. The van der Waals surface area contributed by atoms with Gasteiger partial charge >= 0.3 is 0 Å². The molecule has 3 nitrogen and oxygen atoms in total. The number of piperidine rings is 1. The van der Waals surface area contributed by atoms with E-state index in [2.05, 4.69) is 12.1 Å². The van der Waals surface area contributed by atoms with Gasteiger partial charge < -0.3 is 5.11 Å². The molecule has 0 atom stereocenters. The summed E-state index contributed by atoms with van der Waals surface area (Å²) in [6, 6.07) is 10.3. The highest BCUT2D eigenvalue weighted by molar-refractivity contribution is 5.14. The van der Waals surface area contributed by atoms with E-state index in [1.807, 2.05) is 23.3 Å². The molecule has 3 heteroatoms. The fourth-order valence-electron chi connectivity index (χ4n) is 1.91. The van der Waals surface area contributed by atoms with Gasteiger partial charge in [-0.05, 0) is 24.8 Å². The van der Waals surface area contributed by atoms with E-state index in [1.54, 1.807) is 0 Å². The summed E-state index contributed by atoms with van der Waals surface area (Å²) in [5.74, 6) is 0. The molecular weight excluding hydrogens is 202 g/mol. The summed E-state index contributed by atoms with van der Waals surface area (Å²) in [4.78, 5) is 5.66. The number of nitrogens with zero attached hydrogens (tertiary/aromatic N) is 1. The molecule has 0 radical (unpaired) electrons. The van der Waals surface area contributed by atoms with Gasteiger partial charge in [0.15, 0.2) is 0 Å². The second kappa shape index (κ2) is 5.99. The summed E-state index contributed by atoms with van der Waals surface area (Å²) in [5, 5.41) is 11.3. The Kier molecular flexibility index (Phi) is 4.34. The van der Waals surface area contributed by atoms with Gasteiger partial charge in [0.1, 0.15) is 0 Å². The summed E-state index contributed by atoms with van der Waals surface area (Å²) in [6.07, 6.45) is 2.46. The van der Waals surface area contributed by atoms with Crippen LogP contribution in [0.1, 0.15) is 18.4 Å². The third-order valence-corrected chi connectivity index (χ3v) is 2.93. The molecule has 1 aromatic rings. The molecule has 1 aliphatic heterocycles. The van der Waals surface area contributed by atoms with Crippen molar-refractivity contribution in [1.82, 2.24) is 5.06 Å². The highest BCUT2D eigenvalue weighted by Gasteiger charge is 2.16. The predicted molar refractivity (Wildman–Crippen MR) is 62.9 cm³/mol. The van der Waals surface area contributed by atoms with E-state index in [0.717, 1.165) is 39.0 Å². The Morgan fingerprint density at radius 3 is 2.56 bits per heavy atom. The minimum Gasteiger partial charge on any atom is -0.393 e. The molecule has 0 spiro atoms. The van der Waals surface area contributed by atoms with Crippen LogP contribution in [0, 0.1) is 0 Å². The maximum Gasteiger partial charge on any atom is 0.0725 e. The van der Waals surface area contributed by atoms with E-state index in [9.17, 15) is 5.11 Å². The minimum atomic E-state index is -0.131. The van der Waals surface area contributed by atoms with Crippen molar-refractivity contribution in [3.8, 4) is 0 Å². The molecule has 1 aromatic carbocycles. The maximum atomic E-state index is 9.35. The quantitative estimate of drug-likeness (QED) is 0.838. The normalized spacial score (nSPS) is 18.8. The molecule has 2 rings (SSSR count). The molecule has 88 valence electrons. The van der Waals surface area contributed by atoms with Crippen molar-refractivity contribution in [3.63, 3.8) is 0 Å². The van der Waals surface area contributed by atoms with E-state index in [0.29, 0.717) is 0 Å². The zero-order chi connectivity index (χ0) is 11.2. The van der Waals surface area contributed by atoms with E-state index in [4.69, 9.17) is 4.84 Å². The van der Waals surface area contributed by atoms with Crippen molar-refractivity contribution in [2.75, 3.05) is 19.7 Å². The molecule has 0 aliphatic carbocycles. The van der Waals surface area contributed by atoms with Gasteiger partial charge in [0.25, 0.3) is 0 Å². The molecule has 0 saturated carbocycles. The summed E-state index contributed by atoms with van der Waals surface area (Å²) >= 11 is 0. The molecule has 1 aliphatic rings. The number of hydroxylamine groups is 2. The number of hydrogen-bond donors (Lipinski definition) is 1. The van der Waals surface area contributed by atoms with E-state index in [-0.39, 0.29) is 6.10 Å². The number of rotatable bonds is 4. The van der Waals surface area contributed by atoms with Crippen LogP contribution in [0.25, 0.3) is 0 Å². The van der Waals surface area contributed by atoms with Gasteiger partial charge in [0.2, 0.25) is 0 Å². The average Bonchev–Trinajstić information content (AvgIpc) is 2.33. The SMILES string of the molecule is OC1CCN(OCCc2ccccc2)CC1. The van der Waals surface area contributed by atoms with Crippen LogP contribution in [-0.2, 0) is 11.3 Å². The second-order valence-electron chi connectivity index (χ2n) is 4.23. The standard InChI is InChI=1S/C13H19NO2/c15-13-6-9-14(10-7-13)16-11-8-12-4-2-1-3-5-12/h1-5,13,15H,6-11H2. The summed E-state index contributed by atoms with van der Waals surface area (Å²) in [7, 11) is 0. The largest absolute Gasteiger partial charge is 0.393 e. The first-order valence-corrected chi connectivity index (χ1v) is 5.94. The first-order valence-electron chi connectivity index (χ1n) is 5.94. The third-order valence-electron chi connectivity index (χ3n) is 2.93. The molecule has 0 amide bonds. The van der Waals surface area contributed by atoms with Crippen LogP contribution in [0.5, 0.6) is 0 Å². The van der Waals surface area contributed by atoms with Crippen LogP contribution in [0.3, 0.4) is 0 Å². The third kappa shape index (κ3) is 3.59. The topological polar surface area (TPSA) is 32.7 Å². The molecule has 0 unspecified atom stereocenters. The lowest BCUT2D eigenvalue weighted by Gasteiger charge is -2.28. The first kappa shape index (κ1) is 11.6. The van der Waals surface area contributed by atoms with E-state index < -0.39 is 0 Å². The minimum absolute atomic E-state index is 0.131. The van der Waals surface area contributed by atoms with Gasteiger partial charge in [-0.3, -0.25) is 4.84 Å². The van der Waals surface area contributed by atoms with Crippen LogP contribution in [0.2, 0.25) is 0 Å². The van der Waals surface area contributed by atoms with Gasteiger partial charge in [-0.25, -0.2) is 0 Å². The Balaban J connectivity index is 1.65. The Bertz CT molecular complexity index is 294. The molecule has 0 aromatic heterocycles. The predicted octanol–water partition coefficient (Wildman–Crippen LogP) is 1.62. The van der Waals surface area contributed by atoms with Gasteiger partial charge in [-0.15, -0.1) is 0 Å². The lowest BCUT2D eigenvalue weighted by Crippen LogP contribution is -2.36. The number of aliphatic hydroxyl groups excluding tert-OH is 1. The molecule has 1 saturated heterocycles. The number of hydrogen-bond acceptors (Lipinski definition) is 3. The van der Waals surface area contributed by atoms with Crippen molar-refractivity contribution in [3.05, 3.63) is 35.9 Å². The Labute approximate surface area is 96.6 Å². The van der Waals surface area contributed by atoms with Crippen LogP contribution in [0.15, 0.2) is 30.3 Å². The molecular formula is C13H19NO2. The smallest absolute Gasteiger partial charge is 0.0725 e. The Morgan fingerprint density at radius 1 is 1.19 bits per heavy atom. The van der Waals surface area contributed by atoms with Crippen LogP contribution in [-0.4, -0.2) is 36.0 Å². The lowest BCUT2D eigenvalue weighted by atomic mass is 10.1. The number of benzene rings is 1. The Morgan fingerprint density at radius 2 is 1.88 bits per heavy atom. The fraction of sp³-hybridized carbons (Fsp3) is 0.538. The van der Waals surface area contributed by atoms with Crippen molar-refractivity contribution >= 4 is 0 Å². The highest BCUT2D eigenvalue weighted by atomic mass is 16.7. The van der Waals surface area contributed by atoms with Gasteiger partial charge in [-0.1, -0.05) is 30.3 Å². The first-order chi connectivity index (χ1) is 7.84. The van der Waals surface area contributed by atoms with Crippen LogP contribution >= 0.6 is 0 Å². The number of aliphatic hydroxyl groups is 1. The molecule has 0 bridgehead atoms. The van der Waals surface area contributed by atoms with Crippen LogP contribution in [0.4, 0.5) is 0 Å². The van der Waals surface area contributed by atoms with Crippen molar-refractivity contribution in [1.29, 1.82) is 0 Å². The van der Waals surface area contributed by atoms with Crippen LogP contribution < -0.4 is 0 Å². The van der Waals surface area contributed by atoms with Gasteiger partial charge in [0.05, 0.1) is 12.7 Å². The van der Waals surface area contributed by atoms with E-state index in [1.165, 1.54) is 5.56 Å². The fourth-order valence-corrected chi connectivity index (χ4v) is 1.91. The highest BCUT2D eigenvalue weighted by Crippen LogP contribution is 2.10. The summed E-state index contributed by atoms with van der Waals surface area (Å²) in [5.41, 5.74) is 1.31. The molecule has 1 fully saturated rings. The van der Waals surface area contributed by atoms with E-state index >= 15 is 0 Å². The van der Waals surface area contributed by atoms with Gasteiger partial charge in [-0.2, -0.15) is 5.06 Å². The summed E-state index contributed by atoms with van der Waals surface area (Å²) < 4.78 is 0. The van der Waals surface area contributed by atoms with Crippen molar-refractivity contribution in [2.45, 2.75) is 25.4 Å². The second-order valence-corrected chi connectivity index (χ2v) is 4.23. The maximum absolute atomic E-state index is 9.35. The van der Waals surface area contributed by atoms with Crippen molar-refractivity contribution in [2.24, 2.45) is 0 Å². The average molecular weight is 221 g/mol. The zero-order valence-electron chi connectivity index (χ0n) is 9.51. The zero-order valence-corrected chi connectivity index (χ0v) is 9.51. The van der Waals surface area contributed by atoms with Gasteiger partial charge in [0, 0.05) is 13.1 Å². The molecule has 1 N–H and O–H groups in total.